The van der Waals surface area contributed by atoms with Crippen LogP contribution in [0.4, 0.5) is 30.7 Å². The number of hydrogen-bond donors (Lipinski definition) is 1. The molecule has 10 heteroatoms. The van der Waals surface area contributed by atoms with Gasteiger partial charge < -0.3 is 4.57 Å². The molecule has 1 N–H and O–H groups in total. The number of alkyl halides is 7. The molecule has 32 heavy (non-hydrogen) atoms. The molecule has 0 aliphatic heterocycles. The highest BCUT2D eigenvalue weighted by molar-refractivity contribution is 5.82. The Morgan fingerprint density at radius 3 is 1.94 bits per heavy atom. The number of aromatic nitrogens is 1. The maximum absolute atomic E-state index is 13.3. The Balaban J connectivity index is 1.82. The normalized spacial score (nSPS) is 13.0. The standard InChI is InChI=1S/C22H18F7N3/c1-14-12-18(13-30-31-22(28,29)20(23,24)21(25,26)27)15(2)32(14)19-10-8-17(9-11-19)16-6-4-3-5-7-16/h3-13,31H,1-2H3/b30-13-. The number of benzene rings is 2. The predicted octanol–water partition coefficient (Wildman–Crippen LogP) is 6.48. The molecule has 0 atom stereocenters. The van der Waals surface area contributed by atoms with E-state index < -0.39 is 18.1 Å². The molecule has 3 aromatic rings. The molecule has 0 aliphatic carbocycles. The van der Waals surface area contributed by atoms with Crippen LogP contribution in [0, 0.1) is 13.8 Å². The third-order valence-corrected chi connectivity index (χ3v) is 4.86. The zero-order valence-corrected chi connectivity index (χ0v) is 16.9. The fourth-order valence-corrected chi connectivity index (χ4v) is 3.18. The van der Waals surface area contributed by atoms with Gasteiger partial charge in [-0.1, -0.05) is 42.5 Å². The van der Waals surface area contributed by atoms with E-state index in [-0.39, 0.29) is 5.56 Å². The molecule has 0 spiro atoms. The van der Waals surface area contributed by atoms with Crippen LogP contribution in [-0.4, -0.2) is 28.9 Å². The van der Waals surface area contributed by atoms with Gasteiger partial charge in [-0.25, -0.2) is 5.43 Å². The lowest BCUT2D eigenvalue weighted by Crippen LogP contribution is -2.58. The fraction of sp³-hybridized carbons (Fsp3) is 0.227. The van der Waals surface area contributed by atoms with Gasteiger partial charge in [-0.05, 0) is 43.2 Å². The van der Waals surface area contributed by atoms with Gasteiger partial charge in [-0.2, -0.15) is 35.8 Å². The minimum Gasteiger partial charge on any atom is -0.318 e. The third-order valence-electron chi connectivity index (χ3n) is 4.86. The van der Waals surface area contributed by atoms with Gasteiger partial charge in [0.25, 0.3) is 0 Å². The van der Waals surface area contributed by atoms with Crippen molar-refractivity contribution in [2.75, 3.05) is 0 Å². The molecule has 2 aromatic carbocycles. The van der Waals surface area contributed by atoms with Gasteiger partial charge in [0.1, 0.15) is 0 Å². The van der Waals surface area contributed by atoms with Gasteiger partial charge in [0.05, 0.1) is 6.21 Å². The molecule has 0 saturated carbocycles. The quantitative estimate of drug-likeness (QED) is 0.195. The summed E-state index contributed by atoms with van der Waals surface area (Å²) >= 11 is 0. The second kappa shape index (κ2) is 8.33. The predicted molar refractivity (Wildman–Crippen MR) is 107 cm³/mol. The van der Waals surface area contributed by atoms with Crippen molar-refractivity contribution in [3.63, 3.8) is 0 Å². The Morgan fingerprint density at radius 2 is 1.38 bits per heavy atom. The maximum atomic E-state index is 13.3. The number of rotatable bonds is 6. The lowest BCUT2D eigenvalue weighted by Gasteiger charge is -2.27. The van der Waals surface area contributed by atoms with Crippen molar-refractivity contribution in [2.45, 2.75) is 32.0 Å². The molecule has 0 unspecified atom stereocenters. The maximum Gasteiger partial charge on any atom is 0.462 e. The smallest absolute Gasteiger partial charge is 0.318 e. The minimum atomic E-state index is -6.43. The Hall–Kier alpha value is -3.30. The van der Waals surface area contributed by atoms with E-state index in [4.69, 9.17) is 0 Å². The van der Waals surface area contributed by atoms with E-state index >= 15 is 0 Å². The number of hydrazone groups is 1. The summed E-state index contributed by atoms with van der Waals surface area (Å²) in [5.41, 5.74) is 4.88. The van der Waals surface area contributed by atoms with Crippen LogP contribution in [-0.2, 0) is 0 Å². The highest BCUT2D eigenvalue weighted by atomic mass is 19.4. The van der Waals surface area contributed by atoms with Crippen molar-refractivity contribution in [3.8, 4) is 16.8 Å². The monoisotopic (exact) mass is 457 g/mol. The first kappa shape index (κ1) is 23.4. The average molecular weight is 457 g/mol. The molecule has 0 amide bonds. The Kier molecular flexibility index (Phi) is 6.08. The zero-order chi connectivity index (χ0) is 23.7. The zero-order valence-electron chi connectivity index (χ0n) is 16.9. The summed E-state index contributed by atoms with van der Waals surface area (Å²) in [6, 6.07) is 13.1. The van der Waals surface area contributed by atoms with Crippen LogP contribution >= 0.6 is 0 Å². The number of hydrogen-bond acceptors (Lipinski definition) is 2. The molecule has 0 bridgehead atoms. The van der Waals surface area contributed by atoms with Crippen molar-refractivity contribution in [1.82, 2.24) is 9.99 Å². The van der Waals surface area contributed by atoms with Crippen molar-refractivity contribution in [3.05, 3.63) is 77.6 Å². The highest BCUT2D eigenvalue weighted by Crippen LogP contribution is 2.45. The summed E-state index contributed by atoms with van der Waals surface area (Å²) < 4.78 is 90.9. The van der Waals surface area contributed by atoms with Gasteiger partial charge >= 0.3 is 18.1 Å². The molecule has 170 valence electrons. The molecule has 3 rings (SSSR count). The number of aryl methyl sites for hydroxylation is 1. The van der Waals surface area contributed by atoms with Crippen molar-refractivity contribution in [2.24, 2.45) is 5.10 Å². The molecule has 1 aromatic heterocycles. The summed E-state index contributed by atoms with van der Waals surface area (Å²) in [6.45, 7) is 3.37. The van der Waals surface area contributed by atoms with Crippen LogP contribution in [0.25, 0.3) is 16.8 Å². The fourth-order valence-electron chi connectivity index (χ4n) is 3.18. The number of nitrogens with zero attached hydrogens (tertiary/aromatic N) is 2. The largest absolute Gasteiger partial charge is 0.462 e. The van der Waals surface area contributed by atoms with Crippen LogP contribution < -0.4 is 5.43 Å². The van der Waals surface area contributed by atoms with Gasteiger partial charge in [0, 0.05) is 22.6 Å². The number of nitrogens with one attached hydrogen (secondary N) is 1. The van der Waals surface area contributed by atoms with Crippen LogP contribution in [0.5, 0.6) is 0 Å². The van der Waals surface area contributed by atoms with Crippen molar-refractivity contribution < 1.29 is 30.7 Å². The van der Waals surface area contributed by atoms with E-state index in [0.717, 1.165) is 23.0 Å². The molecule has 0 aliphatic rings. The van der Waals surface area contributed by atoms with E-state index in [0.29, 0.717) is 16.8 Å². The topological polar surface area (TPSA) is 29.3 Å². The minimum absolute atomic E-state index is 0.272. The SMILES string of the molecule is Cc1cc(/C=N\NC(F)(F)C(F)(F)C(F)(F)F)c(C)n1-c1ccc(-c2ccccc2)cc1. The molecule has 0 saturated heterocycles. The second-order valence-electron chi connectivity index (χ2n) is 7.09. The Morgan fingerprint density at radius 1 is 0.812 bits per heavy atom. The van der Waals surface area contributed by atoms with Crippen LogP contribution in [0.2, 0.25) is 0 Å². The van der Waals surface area contributed by atoms with Crippen LogP contribution in [0.15, 0.2) is 65.8 Å². The van der Waals surface area contributed by atoms with E-state index in [1.807, 2.05) is 54.6 Å². The molecule has 0 fully saturated rings. The Bertz CT molecular complexity index is 1100. The summed E-state index contributed by atoms with van der Waals surface area (Å²) in [5, 5.41) is 2.94. The van der Waals surface area contributed by atoms with Gasteiger partial charge in [-0.3, -0.25) is 0 Å². The second-order valence-corrected chi connectivity index (χ2v) is 7.09. The van der Waals surface area contributed by atoms with E-state index in [1.54, 1.807) is 24.5 Å². The first-order valence-corrected chi connectivity index (χ1v) is 9.32. The summed E-state index contributed by atoms with van der Waals surface area (Å²) in [5.74, 6) is -6.28. The Labute approximate surface area is 179 Å². The van der Waals surface area contributed by atoms with Gasteiger partial charge in [0.15, 0.2) is 0 Å². The van der Waals surface area contributed by atoms with Crippen LogP contribution in [0.1, 0.15) is 17.0 Å². The third kappa shape index (κ3) is 4.35. The lowest BCUT2D eigenvalue weighted by atomic mass is 10.1. The molecule has 3 nitrogen and oxygen atoms in total. The van der Waals surface area contributed by atoms with E-state index in [2.05, 4.69) is 5.10 Å². The van der Waals surface area contributed by atoms with Crippen molar-refractivity contribution >= 4 is 6.21 Å². The molecular formula is C22H18F7N3. The highest BCUT2D eigenvalue weighted by Gasteiger charge is 2.73. The molecule has 1 heterocycles. The first-order chi connectivity index (χ1) is 14.8. The molecule has 0 radical (unpaired) electrons. The van der Waals surface area contributed by atoms with E-state index in [1.165, 1.54) is 0 Å². The van der Waals surface area contributed by atoms with E-state index in [9.17, 15) is 30.7 Å². The molecular weight excluding hydrogens is 439 g/mol. The van der Waals surface area contributed by atoms with Crippen molar-refractivity contribution in [1.29, 1.82) is 0 Å². The summed E-state index contributed by atoms with van der Waals surface area (Å²) in [7, 11) is 0. The summed E-state index contributed by atoms with van der Waals surface area (Å²) in [6.07, 6.45) is -5.65. The lowest BCUT2D eigenvalue weighted by molar-refractivity contribution is -0.361. The first-order valence-electron chi connectivity index (χ1n) is 9.32. The number of halogens is 7. The average Bonchev–Trinajstić information content (AvgIpc) is 3.01. The van der Waals surface area contributed by atoms with Crippen LogP contribution in [0.3, 0.4) is 0 Å². The van der Waals surface area contributed by atoms with Gasteiger partial charge in [-0.15, -0.1) is 0 Å². The summed E-state index contributed by atoms with van der Waals surface area (Å²) in [4.78, 5) is 0. The van der Waals surface area contributed by atoms with Gasteiger partial charge in [0.2, 0.25) is 0 Å².